The third-order valence-corrected chi connectivity index (χ3v) is 3.44. The minimum atomic E-state index is -0.929. The number of likely N-dealkylation sites (tertiary alicyclic amines) is 1. The maximum absolute atomic E-state index is 12.0. The van der Waals surface area contributed by atoms with Crippen LogP contribution in [0, 0.1) is 5.41 Å². The van der Waals surface area contributed by atoms with Gasteiger partial charge in [-0.25, -0.2) is 4.79 Å². The summed E-state index contributed by atoms with van der Waals surface area (Å²) in [6.07, 6.45) is 1.91. The molecule has 1 amide bonds. The number of hydrogen-bond donors (Lipinski definition) is 1. The average Bonchev–Trinajstić information content (AvgIpc) is 2.37. The summed E-state index contributed by atoms with van der Waals surface area (Å²) in [5.74, 6) is -0.879. The zero-order chi connectivity index (χ0) is 16.1. The molecule has 120 valence electrons. The lowest BCUT2D eigenvalue weighted by Gasteiger charge is -2.38. The van der Waals surface area contributed by atoms with Crippen molar-refractivity contribution in [2.75, 3.05) is 26.3 Å². The van der Waals surface area contributed by atoms with E-state index in [1.54, 1.807) is 31.7 Å². The maximum Gasteiger partial charge on any atom is 0.410 e. The van der Waals surface area contributed by atoms with Crippen molar-refractivity contribution in [2.24, 2.45) is 5.41 Å². The lowest BCUT2D eigenvalue weighted by atomic mass is 9.79. The molecule has 0 bridgehead atoms. The van der Waals surface area contributed by atoms with Gasteiger partial charge in [-0.15, -0.1) is 6.58 Å². The Hall–Kier alpha value is -1.56. The van der Waals surface area contributed by atoms with Crippen molar-refractivity contribution in [1.29, 1.82) is 0 Å². The summed E-state index contributed by atoms with van der Waals surface area (Å²) in [4.78, 5) is 25.1. The number of nitrogens with zero attached hydrogens (tertiary/aromatic N) is 1. The van der Waals surface area contributed by atoms with E-state index in [1.807, 2.05) is 0 Å². The van der Waals surface area contributed by atoms with Crippen LogP contribution in [0.3, 0.4) is 0 Å². The van der Waals surface area contributed by atoms with E-state index < -0.39 is 23.1 Å². The molecule has 0 aromatic heterocycles. The molecule has 0 spiro atoms. The highest BCUT2D eigenvalue weighted by molar-refractivity contribution is 5.76. The zero-order valence-corrected chi connectivity index (χ0v) is 13.1. The van der Waals surface area contributed by atoms with E-state index in [0.29, 0.717) is 32.5 Å². The Morgan fingerprint density at radius 2 is 1.90 bits per heavy atom. The molecule has 1 aliphatic rings. The van der Waals surface area contributed by atoms with Crippen molar-refractivity contribution < 1.29 is 24.2 Å². The summed E-state index contributed by atoms with van der Waals surface area (Å²) < 4.78 is 10.6. The topological polar surface area (TPSA) is 76.1 Å². The monoisotopic (exact) mass is 299 g/mol. The Kier molecular flexibility index (Phi) is 5.78. The Morgan fingerprint density at radius 3 is 2.33 bits per heavy atom. The van der Waals surface area contributed by atoms with Crippen LogP contribution in [0.1, 0.15) is 33.6 Å². The molecule has 0 unspecified atom stereocenters. The van der Waals surface area contributed by atoms with Crippen molar-refractivity contribution in [3.05, 3.63) is 12.7 Å². The average molecular weight is 299 g/mol. The quantitative estimate of drug-likeness (QED) is 0.622. The normalized spacial score (nSPS) is 18.1. The predicted octanol–water partition coefficient (Wildman–Crippen LogP) is 2.29. The van der Waals surface area contributed by atoms with Gasteiger partial charge in [0.1, 0.15) is 5.60 Å². The van der Waals surface area contributed by atoms with E-state index in [4.69, 9.17) is 9.47 Å². The summed E-state index contributed by atoms with van der Waals surface area (Å²) in [6.45, 7) is 10.1. The number of rotatable bonds is 5. The number of piperidine rings is 1. The molecule has 0 aromatic carbocycles. The molecule has 6 heteroatoms. The first-order valence-electron chi connectivity index (χ1n) is 7.10. The summed E-state index contributed by atoms with van der Waals surface area (Å²) in [5, 5.41) is 9.46. The second-order valence-corrected chi connectivity index (χ2v) is 6.36. The van der Waals surface area contributed by atoms with Gasteiger partial charge in [0.15, 0.2) is 0 Å². The first kappa shape index (κ1) is 17.5. The molecule has 0 atom stereocenters. The van der Waals surface area contributed by atoms with Crippen LogP contribution in [0.4, 0.5) is 4.79 Å². The summed E-state index contributed by atoms with van der Waals surface area (Å²) >= 11 is 0. The Morgan fingerprint density at radius 1 is 1.33 bits per heavy atom. The Balaban J connectivity index is 2.60. The van der Waals surface area contributed by atoms with Crippen LogP contribution >= 0.6 is 0 Å². The molecule has 1 heterocycles. The molecule has 0 aliphatic carbocycles. The van der Waals surface area contributed by atoms with Crippen molar-refractivity contribution >= 4 is 12.1 Å². The molecule has 6 nitrogen and oxygen atoms in total. The molecule has 0 aromatic rings. The minimum absolute atomic E-state index is 0.135. The summed E-state index contributed by atoms with van der Waals surface area (Å²) in [6, 6.07) is 0. The smallest absolute Gasteiger partial charge is 0.410 e. The van der Waals surface area contributed by atoms with Gasteiger partial charge in [0.2, 0.25) is 0 Å². The van der Waals surface area contributed by atoms with E-state index in [1.165, 1.54) is 0 Å². The number of carbonyl (C=O) groups excluding carboxylic acids is 1. The van der Waals surface area contributed by atoms with E-state index in [-0.39, 0.29) is 6.61 Å². The van der Waals surface area contributed by atoms with E-state index in [9.17, 15) is 14.7 Å². The van der Waals surface area contributed by atoms with Crippen LogP contribution in [0.15, 0.2) is 12.7 Å². The molecular weight excluding hydrogens is 274 g/mol. The molecule has 1 aliphatic heterocycles. The van der Waals surface area contributed by atoms with Gasteiger partial charge in [0.05, 0.1) is 18.6 Å². The van der Waals surface area contributed by atoms with Gasteiger partial charge in [-0.3, -0.25) is 4.79 Å². The Bertz CT molecular complexity index is 391. The third-order valence-electron chi connectivity index (χ3n) is 3.44. The number of carboxylic acids is 1. The number of hydrogen-bond acceptors (Lipinski definition) is 4. The molecule has 21 heavy (non-hydrogen) atoms. The third kappa shape index (κ3) is 5.04. The fourth-order valence-corrected chi connectivity index (χ4v) is 2.20. The molecule has 1 N–H and O–H groups in total. The Labute approximate surface area is 125 Å². The van der Waals surface area contributed by atoms with E-state index in [2.05, 4.69) is 6.58 Å². The molecular formula is C15H25NO5. The van der Waals surface area contributed by atoms with Crippen LogP contribution in [0.5, 0.6) is 0 Å². The van der Waals surface area contributed by atoms with Gasteiger partial charge in [-0.05, 0) is 33.6 Å². The number of aliphatic carboxylic acids is 1. The lowest BCUT2D eigenvalue weighted by Crippen LogP contribution is -2.49. The second-order valence-electron chi connectivity index (χ2n) is 6.36. The second kappa shape index (κ2) is 6.93. The lowest BCUT2D eigenvalue weighted by molar-refractivity contribution is -0.156. The van der Waals surface area contributed by atoms with E-state index in [0.717, 1.165) is 0 Å². The maximum atomic E-state index is 12.0. The number of ether oxygens (including phenoxy) is 2. The summed E-state index contributed by atoms with van der Waals surface area (Å²) in [7, 11) is 0. The molecule has 1 fully saturated rings. The van der Waals surface area contributed by atoms with E-state index >= 15 is 0 Å². The van der Waals surface area contributed by atoms with Crippen molar-refractivity contribution in [3.8, 4) is 0 Å². The van der Waals surface area contributed by atoms with Crippen LogP contribution in [-0.2, 0) is 14.3 Å². The largest absolute Gasteiger partial charge is 0.481 e. The van der Waals surface area contributed by atoms with Crippen LogP contribution in [0.2, 0.25) is 0 Å². The van der Waals surface area contributed by atoms with Gasteiger partial charge in [0, 0.05) is 13.1 Å². The van der Waals surface area contributed by atoms with Crippen LogP contribution in [0.25, 0.3) is 0 Å². The van der Waals surface area contributed by atoms with Gasteiger partial charge in [0.25, 0.3) is 0 Å². The highest BCUT2D eigenvalue weighted by Crippen LogP contribution is 2.33. The van der Waals surface area contributed by atoms with Crippen molar-refractivity contribution in [2.45, 2.75) is 39.2 Å². The number of carbonyl (C=O) groups is 2. The van der Waals surface area contributed by atoms with Crippen molar-refractivity contribution in [3.63, 3.8) is 0 Å². The first-order valence-corrected chi connectivity index (χ1v) is 7.10. The van der Waals surface area contributed by atoms with Crippen LogP contribution < -0.4 is 0 Å². The fraction of sp³-hybridized carbons (Fsp3) is 0.733. The van der Waals surface area contributed by atoms with Gasteiger partial charge >= 0.3 is 12.1 Å². The number of carboxylic acid groups (broad SMARTS) is 1. The highest BCUT2D eigenvalue weighted by atomic mass is 16.6. The summed E-state index contributed by atoms with van der Waals surface area (Å²) in [5.41, 5.74) is -1.48. The minimum Gasteiger partial charge on any atom is -0.481 e. The van der Waals surface area contributed by atoms with Crippen LogP contribution in [-0.4, -0.2) is 54.0 Å². The van der Waals surface area contributed by atoms with Gasteiger partial charge < -0.3 is 19.5 Å². The highest BCUT2D eigenvalue weighted by Gasteiger charge is 2.43. The fourth-order valence-electron chi connectivity index (χ4n) is 2.20. The van der Waals surface area contributed by atoms with Crippen molar-refractivity contribution in [1.82, 2.24) is 4.90 Å². The molecule has 0 saturated carbocycles. The molecule has 1 saturated heterocycles. The number of amides is 1. The SMILES string of the molecule is C=CCOCC1(C(=O)O)CCN(C(=O)OC(C)(C)C)CC1. The molecule has 1 rings (SSSR count). The predicted molar refractivity (Wildman–Crippen MR) is 78.1 cm³/mol. The van der Waals surface area contributed by atoms with Gasteiger partial charge in [-0.2, -0.15) is 0 Å². The molecule has 0 radical (unpaired) electrons. The van der Waals surface area contributed by atoms with Gasteiger partial charge in [-0.1, -0.05) is 6.08 Å². The first-order chi connectivity index (χ1) is 9.70. The zero-order valence-electron chi connectivity index (χ0n) is 13.1. The standard InChI is InChI=1S/C15H25NO5/c1-5-10-20-11-15(12(17)18)6-8-16(9-7-15)13(19)21-14(2,3)4/h5H,1,6-11H2,2-4H3,(H,17,18).